The summed E-state index contributed by atoms with van der Waals surface area (Å²) >= 11 is 0. The predicted octanol–water partition coefficient (Wildman–Crippen LogP) is 0.498. The molecular formula is C11H18N2O5. The number of nitrogens with zero attached hydrogens (tertiary/aromatic N) is 1. The van der Waals surface area contributed by atoms with Gasteiger partial charge in [0, 0.05) is 13.1 Å². The maximum Gasteiger partial charge on any atom is 0.326 e. The fraction of sp³-hybridized carbons (Fsp3) is 0.727. The monoisotopic (exact) mass is 258 g/mol. The number of hydrogen-bond donors (Lipinski definition) is 3. The number of hydrogen-bond acceptors (Lipinski definition) is 3. The first-order valence-electron chi connectivity index (χ1n) is 5.89. The highest BCUT2D eigenvalue weighted by Gasteiger charge is 2.28. The van der Waals surface area contributed by atoms with Crippen LogP contribution in [0.15, 0.2) is 0 Å². The van der Waals surface area contributed by atoms with Crippen LogP contribution in [-0.2, 0) is 9.59 Å². The molecule has 0 radical (unpaired) electrons. The molecule has 2 amide bonds. The maximum atomic E-state index is 11.8. The van der Waals surface area contributed by atoms with Gasteiger partial charge in [-0.15, -0.1) is 0 Å². The van der Waals surface area contributed by atoms with E-state index < -0.39 is 30.4 Å². The van der Waals surface area contributed by atoms with Crippen LogP contribution in [-0.4, -0.2) is 52.2 Å². The molecule has 0 aliphatic heterocycles. The van der Waals surface area contributed by atoms with Crippen LogP contribution in [0.3, 0.4) is 0 Å². The molecule has 0 heterocycles. The number of carboxylic acid groups (broad SMARTS) is 2. The number of nitrogens with one attached hydrogen (secondary N) is 1. The highest BCUT2D eigenvalue weighted by Crippen LogP contribution is 2.22. The van der Waals surface area contributed by atoms with Crippen LogP contribution in [0.25, 0.3) is 0 Å². The molecule has 0 aromatic carbocycles. The molecule has 1 atom stereocenters. The third-order valence-electron chi connectivity index (χ3n) is 3.17. The summed E-state index contributed by atoms with van der Waals surface area (Å²) in [6.45, 7) is 0. The topological polar surface area (TPSA) is 107 Å². The lowest BCUT2D eigenvalue weighted by Crippen LogP contribution is -2.49. The van der Waals surface area contributed by atoms with Crippen LogP contribution in [0.2, 0.25) is 0 Å². The van der Waals surface area contributed by atoms with Gasteiger partial charge in [-0.2, -0.15) is 0 Å². The van der Waals surface area contributed by atoms with Crippen molar-refractivity contribution in [1.29, 1.82) is 0 Å². The molecular weight excluding hydrogens is 240 g/mol. The molecule has 7 nitrogen and oxygen atoms in total. The number of carbonyl (C=O) groups is 3. The van der Waals surface area contributed by atoms with Crippen LogP contribution in [0.5, 0.6) is 0 Å². The molecule has 1 fully saturated rings. The normalized spacial score (nSPS) is 17.2. The summed E-state index contributed by atoms with van der Waals surface area (Å²) < 4.78 is 0. The Morgan fingerprint density at radius 2 is 1.83 bits per heavy atom. The Balaban J connectivity index is 2.54. The molecule has 1 aliphatic rings. The van der Waals surface area contributed by atoms with E-state index in [-0.39, 0.29) is 6.04 Å². The maximum absolute atomic E-state index is 11.8. The smallest absolute Gasteiger partial charge is 0.326 e. The van der Waals surface area contributed by atoms with Crippen LogP contribution < -0.4 is 5.32 Å². The van der Waals surface area contributed by atoms with Gasteiger partial charge in [0.2, 0.25) is 0 Å². The third kappa shape index (κ3) is 3.90. The Hall–Kier alpha value is -1.79. The zero-order valence-electron chi connectivity index (χ0n) is 10.3. The van der Waals surface area contributed by atoms with Gasteiger partial charge in [-0.1, -0.05) is 12.8 Å². The molecule has 0 bridgehead atoms. The summed E-state index contributed by atoms with van der Waals surface area (Å²) in [4.78, 5) is 34.6. The fourth-order valence-electron chi connectivity index (χ4n) is 2.08. The Morgan fingerprint density at radius 1 is 1.28 bits per heavy atom. The Morgan fingerprint density at radius 3 is 2.28 bits per heavy atom. The van der Waals surface area contributed by atoms with E-state index in [1.165, 1.54) is 4.90 Å². The number of urea groups is 1. The van der Waals surface area contributed by atoms with Gasteiger partial charge in [0.1, 0.15) is 6.04 Å². The molecule has 102 valence electrons. The van der Waals surface area contributed by atoms with Gasteiger partial charge in [-0.05, 0) is 12.8 Å². The Kier molecular flexibility index (Phi) is 4.94. The van der Waals surface area contributed by atoms with Crippen molar-refractivity contribution >= 4 is 18.0 Å². The van der Waals surface area contributed by atoms with Crippen LogP contribution in [0.1, 0.15) is 32.1 Å². The van der Waals surface area contributed by atoms with E-state index in [1.807, 2.05) is 0 Å². The van der Waals surface area contributed by atoms with Crippen molar-refractivity contribution in [2.45, 2.75) is 44.2 Å². The molecule has 0 saturated heterocycles. The minimum absolute atomic E-state index is 0.115. The standard InChI is InChI=1S/C11H18N2O5/c1-13(7-4-2-3-5-7)11(18)12-8(10(16)17)6-9(14)15/h7-8H,2-6H2,1H3,(H,12,18)(H,14,15)(H,16,17). The lowest BCUT2D eigenvalue weighted by atomic mass is 10.2. The van der Waals surface area contributed by atoms with E-state index in [0.717, 1.165) is 25.7 Å². The summed E-state index contributed by atoms with van der Waals surface area (Å²) in [5, 5.41) is 19.6. The first-order valence-corrected chi connectivity index (χ1v) is 5.89. The minimum atomic E-state index is -1.39. The first-order chi connectivity index (χ1) is 8.41. The van der Waals surface area contributed by atoms with E-state index in [0.29, 0.717) is 0 Å². The zero-order valence-corrected chi connectivity index (χ0v) is 10.3. The molecule has 1 saturated carbocycles. The van der Waals surface area contributed by atoms with Crippen LogP contribution >= 0.6 is 0 Å². The second-order valence-corrected chi connectivity index (χ2v) is 4.49. The summed E-state index contributed by atoms with van der Waals surface area (Å²) in [5.41, 5.74) is 0. The lowest BCUT2D eigenvalue weighted by Gasteiger charge is -2.26. The number of carbonyl (C=O) groups excluding carboxylic acids is 1. The van der Waals surface area contributed by atoms with E-state index in [4.69, 9.17) is 10.2 Å². The van der Waals surface area contributed by atoms with Crippen molar-refractivity contribution in [1.82, 2.24) is 10.2 Å². The molecule has 0 aromatic heterocycles. The van der Waals surface area contributed by atoms with Gasteiger partial charge in [-0.3, -0.25) is 4.79 Å². The van der Waals surface area contributed by atoms with Crippen molar-refractivity contribution in [2.24, 2.45) is 0 Å². The van der Waals surface area contributed by atoms with Gasteiger partial charge in [0.15, 0.2) is 0 Å². The summed E-state index contributed by atoms with van der Waals surface area (Å²) in [5.74, 6) is -2.60. The molecule has 1 rings (SSSR count). The van der Waals surface area contributed by atoms with Crippen molar-refractivity contribution in [3.05, 3.63) is 0 Å². The van der Waals surface area contributed by atoms with Crippen LogP contribution in [0.4, 0.5) is 4.79 Å². The molecule has 0 aromatic rings. The number of carboxylic acids is 2. The van der Waals surface area contributed by atoms with Crippen molar-refractivity contribution in [2.75, 3.05) is 7.05 Å². The van der Waals surface area contributed by atoms with Crippen LogP contribution in [0, 0.1) is 0 Å². The van der Waals surface area contributed by atoms with Gasteiger partial charge < -0.3 is 20.4 Å². The van der Waals surface area contributed by atoms with E-state index in [2.05, 4.69) is 5.32 Å². The summed E-state index contributed by atoms with van der Waals surface area (Å²) in [7, 11) is 1.60. The summed E-state index contributed by atoms with van der Waals surface area (Å²) in [6, 6.07) is -1.81. The van der Waals surface area contributed by atoms with E-state index in [1.54, 1.807) is 7.05 Å². The number of aliphatic carboxylic acids is 2. The lowest BCUT2D eigenvalue weighted by molar-refractivity contribution is -0.145. The quantitative estimate of drug-likeness (QED) is 0.665. The van der Waals surface area contributed by atoms with Crippen molar-refractivity contribution in [3.63, 3.8) is 0 Å². The van der Waals surface area contributed by atoms with Crippen molar-refractivity contribution < 1.29 is 24.6 Å². The number of amides is 2. The second kappa shape index (κ2) is 6.23. The van der Waals surface area contributed by atoms with Gasteiger partial charge in [0.25, 0.3) is 0 Å². The predicted molar refractivity (Wildman–Crippen MR) is 62.2 cm³/mol. The van der Waals surface area contributed by atoms with E-state index in [9.17, 15) is 14.4 Å². The molecule has 7 heteroatoms. The Bertz CT molecular complexity index is 338. The first kappa shape index (κ1) is 14.3. The van der Waals surface area contributed by atoms with E-state index >= 15 is 0 Å². The summed E-state index contributed by atoms with van der Waals surface area (Å²) in [6.07, 6.45) is 3.29. The highest BCUT2D eigenvalue weighted by atomic mass is 16.4. The van der Waals surface area contributed by atoms with Gasteiger partial charge in [-0.25, -0.2) is 9.59 Å². The minimum Gasteiger partial charge on any atom is -0.481 e. The third-order valence-corrected chi connectivity index (χ3v) is 3.17. The molecule has 0 spiro atoms. The second-order valence-electron chi connectivity index (χ2n) is 4.49. The zero-order chi connectivity index (χ0) is 13.7. The molecule has 1 unspecified atom stereocenters. The molecule has 18 heavy (non-hydrogen) atoms. The average Bonchev–Trinajstić information content (AvgIpc) is 2.79. The van der Waals surface area contributed by atoms with Crippen molar-refractivity contribution in [3.8, 4) is 0 Å². The highest BCUT2D eigenvalue weighted by molar-refractivity contribution is 5.86. The fourth-order valence-corrected chi connectivity index (χ4v) is 2.08. The molecule has 1 aliphatic carbocycles. The average molecular weight is 258 g/mol. The SMILES string of the molecule is CN(C(=O)NC(CC(=O)O)C(=O)O)C1CCCC1. The van der Waals surface area contributed by atoms with Gasteiger partial charge in [0.05, 0.1) is 6.42 Å². The largest absolute Gasteiger partial charge is 0.481 e. The van der Waals surface area contributed by atoms with Gasteiger partial charge >= 0.3 is 18.0 Å². The number of rotatable bonds is 5. The Labute approximate surface area is 105 Å². The molecule has 3 N–H and O–H groups in total.